The van der Waals surface area contributed by atoms with Gasteiger partial charge in [0.15, 0.2) is 0 Å². The fourth-order valence-electron chi connectivity index (χ4n) is 3.15. The monoisotopic (exact) mass is 298 g/mol. The standard InChI is InChI=1S/C21H30O/c1-4-6-9-15-19-17(3)22-20(16-10-7-5-2)21(19)18-13-11-8-12-14-18/h8,11-14H,4-7,9-10,15-16H2,1-3H3. The first-order valence-corrected chi connectivity index (χ1v) is 8.94. The minimum atomic E-state index is 1.06. The second kappa shape index (κ2) is 8.82. The number of furan rings is 1. The Morgan fingerprint density at radius 2 is 1.45 bits per heavy atom. The summed E-state index contributed by atoms with van der Waals surface area (Å²) in [6.45, 7) is 6.65. The van der Waals surface area contributed by atoms with E-state index in [-0.39, 0.29) is 0 Å². The second-order valence-corrected chi connectivity index (χ2v) is 6.22. The molecule has 0 atom stereocenters. The average molecular weight is 298 g/mol. The van der Waals surface area contributed by atoms with Crippen LogP contribution >= 0.6 is 0 Å². The number of hydrogen-bond acceptors (Lipinski definition) is 1. The first-order chi connectivity index (χ1) is 10.8. The molecular weight excluding hydrogens is 268 g/mol. The van der Waals surface area contributed by atoms with Gasteiger partial charge in [-0.05, 0) is 31.7 Å². The van der Waals surface area contributed by atoms with E-state index in [0.717, 1.165) is 18.6 Å². The highest BCUT2D eigenvalue weighted by molar-refractivity contribution is 5.70. The van der Waals surface area contributed by atoms with Crippen LogP contribution in [0.5, 0.6) is 0 Å². The Bertz CT molecular complexity index is 551. The predicted octanol–water partition coefficient (Wildman–Crippen LogP) is 6.72. The SMILES string of the molecule is CCCCCc1oc(C)c(CCCCC)c1-c1ccccc1. The first kappa shape index (κ1) is 16.9. The van der Waals surface area contributed by atoms with Gasteiger partial charge >= 0.3 is 0 Å². The lowest BCUT2D eigenvalue weighted by Crippen LogP contribution is -1.92. The number of rotatable bonds is 9. The van der Waals surface area contributed by atoms with Crippen molar-refractivity contribution in [2.45, 2.75) is 72.1 Å². The van der Waals surface area contributed by atoms with Crippen molar-refractivity contribution in [2.75, 3.05) is 0 Å². The van der Waals surface area contributed by atoms with Crippen LogP contribution in [0, 0.1) is 6.92 Å². The lowest BCUT2D eigenvalue weighted by atomic mass is 9.95. The third-order valence-electron chi connectivity index (χ3n) is 4.38. The fourth-order valence-corrected chi connectivity index (χ4v) is 3.15. The van der Waals surface area contributed by atoms with E-state index in [1.807, 2.05) is 0 Å². The van der Waals surface area contributed by atoms with Crippen molar-refractivity contribution in [3.05, 3.63) is 47.4 Å². The van der Waals surface area contributed by atoms with Crippen molar-refractivity contribution in [3.63, 3.8) is 0 Å². The van der Waals surface area contributed by atoms with E-state index in [2.05, 4.69) is 51.1 Å². The Labute approximate surface area is 135 Å². The summed E-state index contributed by atoms with van der Waals surface area (Å²) in [4.78, 5) is 0. The molecule has 0 N–H and O–H groups in total. The van der Waals surface area contributed by atoms with Crippen LogP contribution in [0.3, 0.4) is 0 Å². The molecule has 0 radical (unpaired) electrons. The van der Waals surface area contributed by atoms with Gasteiger partial charge in [-0.1, -0.05) is 69.9 Å². The smallest absolute Gasteiger partial charge is 0.112 e. The van der Waals surface area contributed by atoms with Gasteiger partial charge in [0.2, 0.25) is 0 Å². The number of benzene rings is 1. The maximum Gasteiger partial charge on any atom is 0.112 e. The van der Waals surface area contributed by atoms with E-state index >= 15 is 0 Å². The molecule has 0 bridgehead atoms. The third kappa shape index (κ3) is 4.25. The van der Waals surface area contributed by atoms with E-state index in [1.165, 1.54) is 61.0 Å². The number of aryl methyl sites for hydroxylation is 2. The lowest BCUT2D eigenvalue weighted by Gasteiger charge is -2.07. The fraction of sp³-hybridized carbons (Fsp3) is 0.524. The normalized spacial score (nSPS) is 11.0. The molecule has 120 valence electrons. The van der Waals surface area contributed by atoms with Gasteiger partial charge in [-0.2, -0.15) is 0 Å². The van der Waals surface area contributed by atoms with Crippen molar-refractivity contribution in [3.8, 4) is 11.1 Å². The van der Waals surface area contributed by atoms with Crippen molar-refractivity contribution < 1.29 is 4.42 Å². The molecule has 22 heavy (non-hydrogen) atoms. The Morgan fingerprint density at radius 3 is 2.09 bits per heavy atom. The summed E-state index contributed by atoms with van der Waals surface area (Å²) >= 11 is 0. The van der Waals surface area contributed by atoms with Gasteiger partial charge in [0.25, 0.3) is 0 Å². The Kier molecular flexibility index (Phi) is 6.76. The van der Waals surface area contributed by atoms with E-state index in [9.17, 15) is 0 Å². The summed E-state index contributed by atoms with van der Waals surface area (Å²) in [5.74, 6) is 2.32. The third-order valence-corrected chi connectivity index (χ3v) is 4.38. The molecule has 1 aromatic heterocycles. The maximum atomic E-state index is 6.18. The molecule has 0 aliphatic carbocycles. The maximum absolute atomic E-state index is 6.18. The van der Waals surface area contributed by atoms with Crippen LogP contribution in [-0.4, -0.2) is 0 Å². The molecule has 1 aromatic carbocycles. The molecular formula is C21H30O. The van der Waals surface area contributed by atoms with Crippen LogP contribution in [-0.2, 0) is 12.8 Å². The van der Waals surface area contributed by atoms with Crippen LogP contribution < -0.4 is 0 Å². The van der Waals surface area contributed by atoms with Crippen LogP contribution in [0.15, 0.2) is 34.7 Å². The van der Waals surface area contributed by atoms with Gasteiger partial charge in [0.05, 0.1) is 0 Å². The Hall–Kier alpha value is -1.50. The zero-order valence-electron chi connectivity index (χ0n) is 14.5. The Balaban J connectivity index is 2.30. The summed E-state index contributed by atoms with van der Waals surface area (Å²) in [7, 11) is 0. The van der Waals surface area contributed by atoms with E-state index in [1.54, 1.807) is 0 Å². The molecule has 0 spiro atoms. The lowest BCUT2D eigenvalue weighted by molar-refractivity contribution is 0.471. The van der Waals surface area contributed by atoms with Crippen LogP contribution in [0.1, 0.15) is 69.5 Å². The van der Waals surface area contributed by atoms with Gasteiger partial charge in [0, 0.05) is 17.5 Å². The molecule has 2 rings (SSSR count). The molecule has 2 aromatic rings. The molecule has 0 saturated heterocycles. The number of hydrogen-bond donors (Lipinski definition) is 0. The van der Waals surface area contributed by atoms with Crippen molar-refractivity contribution in [2.24, 2.45) is 0 Å². The minimum Gasteiger partial charge on any atom is -0.465 e. The molecule has 0 aliphatic heterocycles. The molecule has 1 heteroatoms. The van der Waals surface area contributed by atoms with Gasteiger partial charge in [-0.15, -0.1) is 0 Å². The molecule has 0 amide bonds. The van der Waals surface area contributed by atoms with Gasteiger partial charge < -0.3 is 4.42 Å². The zero-order valence-corrected chi connectivity index (χ0v) is 14.5. The molecule has 0 fully saturated rings. The molecule has 0 unspecified atom stereocenters. The van der Waals surface area contributed by atoms with Crippen molar-refractivity contribution in [1.29, 1.82) is 0 Å². The molecule has 1 nitrogen and oxygen atoms in total. The highest BCUT2D eigenvalue weighted by Crippen LogP contribution is 2.34. The summed E-state index contributed by atoms with van der Waals surface area (Å²) in [6.07, 6.45) is 9.77. The van der Waals surface area contributed by atoms with Crippen LogP contribution in [0.2, 0.25) is 0 Å². The van der Waals surface area contributed by atoms with Crippen LogP contribution in [0.4, 0.5) is 0 Å². The zero-order chi connectivity index (χ0) is 15.8. The topological polar surface area (TPSA) is 13.1 Å². The molecule has 0 saturated carbocycles. The summed E-state index contributed by atoms with van der Waals surface area (Å²) in [6, 6.07) is 10.8. The van der Waals surface area contributed by atoms with Crippen molar-refractivity contribution in [1.82, 2.24) is 0 Å². The van der Waals surface area contributed by atoms with Crippen LogP contribution in [0.25, 0.3) is 11.1 Å². The number of unbranched alkanes of at least 4 members (excludes halogenated alkanes) is 4. The summed E-state index contributed by atoms with van der Waals surface area (Å²) in [5.41, 5.74) is 4.13. The minimum absolute atomic E-state index is 1.06. The first-order valence-electron chi connectivity index (χ1n) is 8.94. The highest BCUT2D eigenvalue weighted by atomic mass is 16.3. The average Bonchev–Trinajstić information content (AvgIpc) is 2.85. The van der Waals surface area contributed by atoms with Gasteiger partial charge in [-0.25, -0.2) is 0 Å². The summed E-state index contributed by atoms with van der Waals surface area (Å²) in [5, 5.41) is 0. The van der Waals surface area contributed by atoms with Gasteiger partial charge in [0.1, 0.15) is 11.5 Å². The van der Waals surface area contributed by atoms with E-state index < -0.39 is 0 Å². The predicted molar refractivity (Wildman–Crippen MR) is 95.3 cm³/mol. The van der Waals surface area contributed by atoms with Gasteiger partial charge in [-0.3, -0.25) is 0 Å². The van der Waals surface area contributed by atoms with Crippen molar-refractivity contribution >= 4 is 0 Å². The van der Waals surface area contributed by atoms with E-state index in [0.29, 0.717) is 0 Å². The quantitative estimate of drug-likeness (QED) is 0.468. The molecule has 1 heterocycles. The highest BCUT2D eigenvalue weighted by Gasteiger charge is 2.18. The molecule has 0 aliphatic rings. The Morgan fingerprint density at radius 1 is 0.818 bits per heavy atom. The summed E-state index contributed by atoms with van der Waals surface area (Å²) < 4.78 is 6.18. The largest absolute Gasteiger partial charge is 0.465 e. The van der Waals surface area contributed by atoms with E-state index in [4.69, 9.17) is 4.42 Å². The second-order valence-electron chi connectivity index (χ2n) is 6.22.